The van der Waals surface area contributed by atoms with Crippen molar-refractivity contribution in [2.45, 2.75) is 37.6 Å². The van der Waals surface area contributed by atoms with Gasteiger partial charge in [0.25, 0.3) is 0 Å². The Morgan fingerprint density at radius 1 is 0.946 bits per heavy atom. The number of para-hydroxylation sites is 2. The predicted octanol–water partition coefficient (Wildman–Crippen LogP) is 3.06. The summed E-state index contributed by atoms with van der Waals surface area (Å²) in [6.07, 6.45) is -0.0402. The number of ketones is 1. The molecule has 3 atom stereocenters. The lowest BCUT2D eigenvalue weighted by molar-refractivity contribution is -0.155. The standard InChI is InChI=1S/C27H27N3O7/c1-13(23-17(12-20(32)37-3)15-8-4-6-10-18(15)29-23)24-21(16-9-5-7-11-19(16)30-24)22(25(33)34)27(28,14(2)31)26(35)36/h4-11,13,22,29-30H,12,28H2,1-3H3,(H,33,34)(H,35,36)/t13?,22?,27-/m0/s1. The van der Waals surface area contributed by atoms with Crippen LogP contribution in [0.25, 0.3) is 21.8 Å². The highest BCUT2D eigenvalue weighted by atomic mass is 16.5. The van der Waals surface area contributed by atoms with Crippen molar-refractivity contribution in [3.8, 4) is 0 Å². The lowest BCUT2D eigenvalue weighted by Crippen LogP contribution is -2.60. The number of Topliss-reactive ketones (excluding diaryl/α,β-unsaturated/α-hetero) is 1. The minimum Gasteiger partial charge on any atom is -0.481 e. The van der Waals surface area contributed by atoms with Gasteiger partial charge in [-0.1, -0.05) is 43.3 Å². The third-order valence-electron chi connectivity index (χ3n) is 6.97. The molecule has 0 amide bonds. The van der Waals surface area contributed by atoms with Crippen molar-refractivity contribution in [1.82, 2.24) is 9.97 Å². The molecule has 0 aliphatic heterocycles. The maximum atomic E-state index is 12.6. The Kier molecular flexibility index (Phi) is 6.62. The number of carbonyl (C=O) groups excluding carboxylic acids is 2. The third-order valence-corrected chi connectivity index (χ3v) is 6.97. The number of rotatable bonds is 9. The van der Waals surface area contributed by atoms with Gasteiger partial charge in [-0.15, -0.1) is 0 Å². The molecule has 2 heterocycles. The summed E-state index contributed by atoms with van der Waals surface area (Å²) >= 11 is 0. The van der Waals surface area contributed by atoms with Crippen LogP contribution < -0.4 is 5.73 Å². The van der Waals surface area contributed by atoms with Crippen molar-refractivity contribution in [1.29, 1.82) is 0 Å². The first-order valence-corrected chi connectivity index (χ1v) is 11.5. The third kappa shape index (κ3) is 4.15. The smallest absolute Gasteiger partial charge is 0.332 e. The van der Waals surface area contributed by atoms with Crippen LogP contribution in [0.15, 0.2) is 48.5 Å². The van der Waals surface area contributed by atoms with Gasteiger partial charge in [0.15, 0.2) is 11.3 Å². The molecule has 4 rings (SSSR count). The minimum absolute atomic E-state index is 0.0402. The normalized spacial score (nSPS) is 14.7. The number of carboxylic acids is 2. The van der Waals surface area contributed by atoms with Gasteiger partial charge >= 0.3 is 17.9 Å². The van der Waals surface area contributed by atoms with Gasteiger partial charge in [0.1, 0.15) is 5.92 Å². The topological polar surface area (TPSA) is 176 Å². The summed E-state index contributed by atoms with van der Waals surface area (Å²) in [6.45, 7) is 2.76. The number of esters is 1. The molecule has 10 heteroatoms. The van der Waals surface area contributed by atoms with E-state index in [1.54, 1.807) is 31.2 Å². The van der Waals surface area contributed by atoms with E-state index in [-0.39, 0.29) is 12.0 Å². The van der Waals surface area contributed by atoms with Crippen LogP contribution in [0.3, 0.4) is 0 Å². The fraction of sp³-hybridized carbons (Fsp3) is 0.259. The Balaban J connectivity index is 2.03. The first-order chi connectivity index (χ1) is 17.5. The van der Waals surface area contributed by atoms with Crippen molar-refractivity contribution in [2.24, 2.45) is 5.73 Å². The number of H-pyrrole nitrogens is 2. The SMILES string of the molecule is COC(=O)Cc1c(C(C)c2[nH]c3ccccc3c2C(C(=O)O)[C@@](N)(C(C)=O)C(=O)O)[nH]c2ccccc12. The lowest BCUT2D eigenvalue weighted by Gasteiger charge is -2.30. The Morgan fingerprint density at radius 2 is 1.49 bits per heavy atom. The van der Waals surface area contributed by atoms with E-state index >= 15 is 0 Å². The van der Waals surface area contributed by atoms with Crippen molar-refractivity contribution in [3.63, 3.8) is 0 Å². The zero-order valence-corrected chi connectivity index (χ0v) is 20.5. The Morgan fingerprint density at radius 3 is 2.03 bits per heavy atom. The maximum Gasteiger partial charge on any atom is 0.332 e. The average molecular weight is 506 g/mol. The van der Waals surface area contributed by atoms with Crippen LogP contribution in [0, 0.1) is 0 Å². The van der Waals surface area contributed by atoms with Gasteiger partial charge in [-0.2, -0.15) is 0 Å². The van der Waals surface area contributed by atoms with E-state index in [2.05, 4.69) is 9.97 Å². The molecule has 0 spiro atoms. The number of nitrogens with two attached hydrogens (primary N) is 1. The molecule has 2 unspecified atom stereocenters. The molecule has 0 radical (unpaired) electrons. The molecule has 37 heavy (non-hydrogen) atoms. The fourth-order valence-corrected chi connectivity index (χ4v) is 5.00. The molecule has 0 fully saturated rings. The molecular formula is C27H27N3O7. The summed E-state index contributed by atoms with van der Waals surface area (Å²) in [5.41, 5.74) is 6.41. The first kappa shape index (κ1) is 25.6. The summed E-state index contributed by atoms with van der Waals surface area (Å²) < 4.78 is 4.89. The van der Waals surface area contributed by atoms with E-state index in [4.69, 9.17) is 10.5 Å². The highest BCUT2D eigenvalue weighted by Gasteiger charge is 2.53. The molecule has 0 saturated heterocycles. The number of aromatic amines is 2. The molecule has 2 aromatic carbocycles. The predicted molar refractivity (Wildman–Crippen MR) is 135 cm³/mol. The van der Waals surface area contributed by atoms with E-state index in [0.29, 0.717) is 27.9 Å². The second-order valence-electron chi connectivity index (χ2n) is 9.04. The molecular weight excluding hydrogens is 478 g/mol. The van der Waals surface area contributed by atoms with Gasteiger partial charge in [-0.05, 0) is 30.2 Å². The van der Waals surface area contributed by atoms with E-state index in [0.717, 1.165) is 17.8 Å². The molecule has 0 bridgehead atoms. The quantitative estimate of drug-likeness (QED) is 0.170. The van der Waals surface area contributed by atoms with Crippen LogP contribution in [0.5, 0.6) is 0 Å². The fourth-order valence-electron chi connectivity index (χ4n) is 5.00. The number of methoxy groups -OCH3 is 1. The Bertz CT molecular complexity index is 1530. The Hall–Kier alpha value is -4.44. The number of ether oxygens (including phenoxy) is 1. The van der Waals surface area contributed by atoms with E-state index in [1.807, 2.05) is 24.3 Å². The summed E-state index contributed by atoms with van der Waals surface area (Å²) in [6, 6.07) is 14.2. The van der Waals surface area contributed by atoms with Gasteiger partial charge in [0.2, 0.25) is 0 Å². The van der Waals surface area contributed by atoms with Crippen LogP contribution in [0.4, 0.5) is 0 Å². The van der Waals surface area contributed by atoms with Gasteiger partial charge in [-0.3, -0.25) is 14.4 Å². The molecule has 10 nitrogen and oxygen atoms in total. The summed E-state index contributed by atoms with van der Waals surface area (Å²) in [7, 11) is 1.29. The van der Waals surface area contributed by atoms with Crippen molar-refractivity contribution in [2.75, 3.05) is 7.11 Å². The zero-order valence-electron chi connectivity index (χ0n) is 20.5. The van der Waals surface area contributed by atoms with E-state index in [9.17, 15) is 29.4 Å². The number of fused-ring (bicyclic) bond motifs is 2. The van der Waals surface area contributed by atoms with Crippen molar-refractivity contribution >= 4 is 45.5 Å². The van der Waals surface area contributed by atoms with Crippen LogP contribution in [0.1, 0.15) is 48.2 Å². The molecule has 0 aliphatic rings. The first-order valence-electron chi connectivity index (χ1n) is 11.5. The van der Waals surface area contributed by atoms with Gasteiger partial charge < -0.3 is 30.7 Å². The van der Waals surface area contributed by atoms with Crippen LogP contribution >= 0.6 is 0 Å². The van der Waals surface area contributed by atoms with Crippen LogP contribution in [-0.4, -0.2) is 56.5 Å². The minimum atomic E-state index is -2.72. The molecule has 6 N–H and O–H groups in total. The highest BCUT2D eigenvalue weighted by molar-refractivity contribution is 6.12. The summed E-state index contributed by atoms with van der Waals surface area (Å²) in [4.78, 5) is 56.2. The summed E-state index contributed by atoms with van der Waals surface area (Å²) in [5, 5.41) is 21.4. The van der Waals surface area contributed by atoms with E-state index in [1.165, 1.54) is 7.11 Å². The van der Waals surface area contributed by atoms with Crippen LogP contribution in [-0.2, 0) is 30.3 Å². The number of carboxylic acid groups (broad SMARTS) is 2. The van der Waals surface area contributed by atoms with Crippen LogP contribution in [0.2, 0.25) is 0 Å². The summed E-state index contributed by atoms with van der Waals surface area (Å²) in [5.74, 6) is -7.22. The van der Waals surface area contributed by atoms with Crippen molar-refractivity contribution < 1.29 is 34.1 Å². The van der Waals surface area contributed by atoms with Crippen molar-refractivity contribution in [3.05, 3.63) is 71.0 Å². The number of benzene rings is 2. The number of hydrogen-bond donors (Lipinski definition) is 5. The second-order valence-corrected chi connectivity index (χ2v) is 9.04. The van der Waals surface area contributed by atoms with Gasteiger partial charge in [0.05, 0.1) is 13.5 Å². The van der Waals surface area contributed by atoms with E-state index < -0.39 is 41.1 Å². The maximum absolute atomic E-state index is 12.6. The number of carbonyl (C=O) groups is 4. The number of hydrogen-bond acceptors (Lipinski definition) is 6. The highest BCUT2D eigenvalue weighted by Crippen LogP contribution is 2.42. The Labute approximate surface area is 211 Å². The largest absolute Gasteiger partial charge is 0.481 e. The average Bonchev–Trinajstić information content (AvgIpc) is 3.42. The second kappa shape index (κ2) is 9.55. The van der Waals surface area contributed by atoms with Gasteiger partial charge in [0, 0.05) is 39.1 Å². The monoisotopic (exact) mass is 505 g/mol. The number of nitrogens with one attached hydrogen (secondary N) is 2. The molecule has 192 valence electrons. The number of aromatic nitrogens is 2. The molecule has 4 aromatic rings. The zero-order chi connectivity index (χ0) is 27.1. The van der Waals surface area contributed by atoms with Gasteiger partial charge in [-0.25, -0.2) is 4.79 Å². The molecule has 2 aromatic heterocycles. The lowest BCUT2D eigenvalue weighted by atomic mass is 9.75. The number of aliphatic carboxylic acids is 2. The molecule has 0 aliphatic carbocycles. The molecule has 0 saturated carbocycles.